The van der Waals surface area contributed by atoms with Crippen molar-refractivity contribution in [1.29, 1.82) is 0 Å². The highest BCUT2D eigenvalue weighted by molar-refractivity contribution is 5.86. The van der Waals surface area contributed by atoms with E-state index in [1.807, 2.05) is 6.92 Å². The number of hydrogen-bond donors (Lipinski definition) is 0. The van der Waals surface area contributed by atoms with Gasteiger partial charge in [-0.2, -0.15) is 0 Å². The molecule has 1 fully saturated rings. The van der Waals surface area contributed by atoms with Crippen molar-refractivity contribution < 1.29 is 4.79 Å². The third-order valence-electron chi connectivity index (χ3n) is 2.83. The maximum atomic E-state index is 11.5. The highest BCUT2D eigenvalue weighted by Gasteiger charge is 2.49. The van der Waals surface area contributed by atoms with Gasteiger partial charge < -0.3 is 0 Å². The van der Waals surface area contributed by atoms with E-state index in [1.165, 1.54) is 0 Å². The van der Waals surface area contributed by atoms with Crippen molar-refractivity contribution in [3.05, 3.63) is 12.2 Å². The smallest absolute Gasteiger partial charge is 0.140 e. The Morgan fingerprint density at radius 3 is 2.42 bits per heavy atom. The first-order chi connectivity index (χ1) is 5.47. The predicted molar refractivity (Wildman–Crippen MR) is 50.9 cm³/mol. The summed E-state index contributed by atoms with van der Waals surface area (Å²) in [6.45, 7) is 10.2. The second-order valence-electron chi connectivity index (χ2n) is 4.49. The monoisotopic (exact) mass is 166 g/mol. The second kappa shape index (κ2) is 3.04. The van der Waals surface area contributed by atoms with Crippen molar-refractivity contribution in [2.45, 2.75) is 40.0 Å². The van der Waals surface area contributed by atoms with Crippen LogP contribution in [0.5, 0.6) is 0 Å². The number of ketones is 1. The van der Waals surface area contributed by atoms with Gasteiger partial charge >= 0.3 is 0 Å². The number of allylic oxidation sites excluding steroid dienone is 1. The summed E-state index contributed by atoms with van der Waals surface area (Å²) in [6, 6.07) is 0. The zero-order chi connectivity index (χ0) is 9.35. The number of carbonyl (C=O) groups excluding carboxylic acids is 1. The summed E-state index contributed by atoms with van der Waals surface area (Å²) < 4.78 is 0. The molecule has 0 aromatic rings. The van der Waals surface area contributed by atoms with Crippen molar-refractivity contribution in [2.75, 3.05) is 0 Å². The molecule has 0 bridgehead atoms. The molecule has 0 aliphatic heterocycles. The van der Waals surface area contributed by atoms with E-state index < -0.39 is 0 Å². The fraction of sp³-hybridized carbons (Fsp3) is 0.727. The van der Waals surface area contributed by atoms with E-state index in [0.717, 1.165) is 18.4 Å². The van der Waals surface area contributed by atoms with Gasteiger partial charge in [-0.15, -0.1) is 0 Å². The van der Waals surface area contributed by atoms with Crippen LogP contribution in [-0.4, -0.2) is 5.78 Å². The van der Waals surface area contributed by atoms with Gasteiger partial charge in [0.25, 0.3) is 0 Å². The Bertz CT molecular complexity index is 213. The Hall–Kier alpha value is -0.590. The van der Waals surface area contributed by atoms with E-state index >= 15 is 0 Å². The number of hydrogen-bond acceptors (Lipinski definition) is 1. The van der Waals surface area contributed by atoms with Gasteiger partial charge in [0.05, 0.1) is 0 Å². The average Bonchev–Trinajstić information content (AvgIpc) is 2.59. The average molecular weight is 166 g/mol. The molecule has 1 aliphatic rings. The zero-order valence-corrected chi connectivity index (χ0v) is 8.31. The minimum atomic E-state index is 0.283. The molecule has 0 N–H and O–H groups in total. The number of Topliss-reactive ketones (excluding diaryl/α,β-unsaturated/α-hetero) is 1. The summed E-state index contributed by atoms with van der Waals surface area (Å²) >= 11 is 0. The molecule has 0 heterocycles. The minimum Gasteiger partial charge on any atom is -0.299 e. The lowest BCUT2D eigenvalue weighted by Gasteiger charge is -2.03. The molecular weight excluding hydrogens is 148 g/mol. The molecule has 0 amide bonds. The molecule has 1 rings (SSSR count). The van der Waals surface area contributed by atoms with Crippen LogP contribution in [0.4, 0.5) is 0 Å². The van der Waals surface area contributed by atoms with Crippen LogP contribution < -0.4 is 0 Å². The molecule has 0 spiro atoms. The van der Waals surface area contributed by atoms with Crippen LogP contribution in [0.2, 0.25) is 0 Å². The van der Waals surface area contributed by atoms with E-state index in [0.29, 0.717) is 18.1 Å². The van der Waals surface area contributed by atoms with Crippen LogP contribution in [0.3, 0.4) is 0 Å². The highest BCUT2D eigenvalue weighted by Crippen LogP contribution is 2.52. The van der Waals surface area contributed by atoms with Crippen LogP contribution in [0.25, 0.3) is 0 Å². The van der Waals surface area contributed by atoms with Gasteiger partial charge in [-0.05, 0) is 18.3 Å². The maximum absolute atomic E-state index is 11.5. The van der Waals surface area contributed by atoms with Gasteiger partial charge in [0.1, 0.15) is 5.78 Å². The Labute approximate surface area is 74.9 Å². The molecule has 0 radical (unpaired) electrons. The van der Waals surface area contributed by atoms with Crippen LogP contribution >= 0.6 is 0 Å². The van der Waals surface area contributed by atoms with Gasteiger partial charge in [-0.3, -0.25) is 4.79 Å². The van der Waals surface area contributed by atoms with Gasteiger partial charge in [-0.25, -0.2) is 0 Å². The summed E-state index contributed by atoms with van der Waals surface area (Å²) in [5.41, 5.74) is 1.35. The predicted octanol–water partition coefficient (Wildman–Crippen LogP) is 2.96. The lowest BCUT2D eigenvalue weighted by molar-refractivity contribution is -0.120. The first-order valence-corrected chi connectivity index (χ1v) is 4.66. The topological polar surface area (TPSA) is 17.1 Å². The van der Waals surface area contributed by atoms with E-state index in [2.05, 4.69) is 20.4 Å². The molecule has 68 valence electrons. The third kappa shape index (κ3) is 1.96. The number of carbonyl (C=O) groups is 1. The standard InChI is InChI=1S/C11H18O/c1-5-8(2)6-10(12)9-7-11(9,3)4/h9H,2,5-7H2,1,3-4H3. The molecular formula is C11H18O. The third-order valence-corrected chi connectivity index (χ3v) is 2.83. The van der Waals surface area contributed by atoms with E-state index in [-0.39, 0.29) is 5.41 Å². The molecule has 1 heteroatoms. The van der Waals surface area contributed by atoms with Gasteiger partial charge in [0.2, 0.25) is 0 Å². The lowest BCUT2D eigenvalue weighted by atomic mass is 10.0. The van der Waals surface area contributed by atoms with Crippen molar-refractivity contribution in [2.24, 2.45) is 11.3 Å². The van der Waals surface area contributed by atoms with E-state index in [9.17, 15) is 4.79 Å². The molecule has 1 unspecified atom stereocenters. The van der Waals surface area contributed by atoms with E-state index in [1.54, 1.807) is 0 Å². The van der Waals surface area contributed by atoms with Gasteiger partial charge in [-0.1, -0.05) is 32.9 Å². The second-order valence-corrected chi connectivity index (χ2v) is 4.49. The molecule has 12 heavy (non-hydrogen) atoms. The molecule has 1 nitrogen and oxygen atoms in total. The summed E-state index contributed by atoms with van der Waals surface area (Å²) in [4.78, 5) is 11.5. The summed E-state index contributed by atoms with van der Waals surface area (Å²) in [6.07, 6.45) is 2.60. The van der Waals surface area contributed by atoms with Crippen LogP contribution in [0.15, 0.2) is 12.2 Å². The van der Waals surface area contributed by atoms with Crippen molar-refractivity contribution in [3.8, 4) is 0 Å². The normalized spacial score (nSPS) is 25.1. The van der Waals surface area contributed by atoms with Gasteiger partial charge in [0, 0.05) is 12.3 Å². The quantitative estimate of drug-likeness (QED) is 0.587. The largest absolute Gasteiger partial charge is 0.299 e. The molecule has 1 aliphatic carbocycles. The van der Waals surface area contributed by atoms with Crippen molar-refractivity contribution in [3.63, 3.8) is 0 Å². The Balaban J connectivity index is 2.37. The lowest BCUT2D eigenvalue weighted by Crippen LogP contribution is -2.06. The SMILES string of the molecule is C=C(CC)CC(=O)C1CC1(C)C. The fourth-order valence-electron chi connectivity index (χ4n) is 1.51. The first kappa shape index (κ1) is 9.50. The molecule has 0 aromatic carbocycles. The van der Waals surface area contributed by atoms with Gasteiger partial charge in [0.15, 0.2) is 0 Å². The minimum absolute atomic E-state index is 0.283. The summed E-state index contributed by atoms with van der Waals surface area (Å²) in [5, 5.41) is 0. The van der Waals surface area contributed by atoms with Crippen LogP contribution in [0, 0.1) is 11.3 Å². The van der Waals surface area contributed by atoms with Crippen LogP contribution in [-0.2, 0) is 4.79 Å². The fourth-order valence-corrected chi connectivity index (χ4v) is 1.51. The number of rotatable bonds is 4. The highest BCUT2D eigenvalue weighted by atomic mass is 16.1. The summed E-state index contributed by atoms with van der Waals surface area (Å²) in [5.74, 6) is 0.715. The summed E-state index contributed by atoms with van der Waals surface area (Å²) in [7, 11) is 0. The Morgan fingerprint density at radius 2 is 2.08 bits per heavy atom. The maximum Gasteiger partial charge on any atom is 0.140 e. The molecule has 1 atom stereocenters. The first-order valence-electron chi connectivity index (χ1n) is 4.66. The molecule has 0 aromatic heterocycles. The van der Waals surface area contributed by atoms with Crippen LogP contribution in [0.1, 0.15) is 40.0 Å². The van der Waals surface area contributed by atoms with Crippen molar-refractivity contribution >= 4 is 5.78 Å². The Morgan fingerprint density at radius 1 is 1.58 bits per heavy atom. The molecule has 1 saturated carbocycles. The zero-order valence-electron chi connectivity index (χ0n) is 8.31. The van der Waals surface area contributed by atoms with E-state index in [4.69, 9.17) is 0 Å². The van der Waals surface area contributed by atoms with Crippen molar-refractivity contribution in [1.82, 2.24) is 0 Å². The molecule has 0 saturated heterocycles. The Kier molecular flexibility index (Phi) is 2.41.